The Hall–Kier alpha value is -2.15. The predicted octanol–water partition coefficient (Wildman–Crippen LogP) is 3.28. The Morgan fingerprint density at radius 3 is 3.04 bits per heavy atom. The molecule has 7 heteroatoms. The molecule has 1 aromatic carbocycles. The van der Waals surface area contributed by atoms with E-state index >= 15 is 0 Å². The molecular weight excluding hydrogens is 338 g/mol. The molecule has 1 fully saturated rings. The number of carbonyl (C=O) groups excluding carboxylic acids is 2. The van der Waals surface area contributed by atoms with Gasteiger partial charge in [-0.3, -0.25) is 9.59 Å². The maximum absolute atomic E-state index is 12.5. The summed E-state index contributed by atoms with van der Waals surface area (Å²) in [6.07, 6.45) is 2.30. The summed E-state index contributed by atoms with van der Waals surface area (Å²) in [6, 6.07) is 5.69. The second-order valence-corrected chi connectivity index (χ2v) is 7.20. The molecule has 2 amide bonds. The van der Waals surface area contributed by atoms with Gasteiger partial charge in [0, 0.05) is 19.5 Å². The third kappa shape index (κ3) is 4.10. The van der Waals surface area contributed by atoms with Crippen molar-refractivity contribution in [1.29, 1.82) is 0 Å². The lowest BCUT2D eigenvalue weighted by Crippen LogP contribution is -2.29. The number of nitrogens with zero attached hydrogens (tertiary/aromatic N) is 2. The molecule has 0 saturated carbocycles. The zero-order chi connectivity index (χ0) is 17.8. The van der Waals surface area contributed by atoms with Gasteiger partial charge in [0.15, 0.2) is 5.13 Å². The molecule has 0 bridgehead atoms. The lowest BCUT2D eigenvalue weighted by atomic mass is 10.1. The van der Waals surface area contributed by atoms with Crippen LogP contribution >= 0.6 is 11.3 Å². The first kappa shape index (κ1) is 17.7. The average molecular weight is 361 g/mol. The Kier molecular flexibility index (Phi) is 5.53. The molecule has 1 atom stereocenters. The van der Waals surface area contributed by atoms with Gasteiger partial charge in [-0.1, -0.05) is 24.7 Å². The number of hydrogen-bond donors (Lipinski definition) is 1. The number of unbranched alkanes of at least 4 members (excludes halogenated alkanes) is 1. The van der Waals surface area contributed by atoms with Gasteiger partial charge >= 0.3 is 0 Å². The summed E-state index contributed by atoms with van der Waals surface area (Å²) in [5.74, 6) is 0.440. The summed E-state index contributed by atoms with van der Waals surface area (Å²) >= 11 is 1.42. The van der Waals surface area contributed by atoms with Crippen LogP contribution in [0.1, 0.15) is 33.1 Å². The van der Waals surface area contributed by atoms with Gasteiger partial charge in [-0.15, -0.1) is 0 Å². The second-order valence-electron chi connectivity index (χ2n) is 6.17. The fourth-order valence-corrected chi connectivity index (χ4v) is 3.83. The first-order chi connectivity index (χ1) is 12.1. The summed E-state index contributed by atoms with van der Waals surface area (Å²) in [6.45, 7) is 5.88. The molecule has 0 radical (unpaired) electrons. The fraction of sp³-hybridized carbons (Fsp3) is 0.500. The van der Waals surface area contributed by atoms with E-state index in [1.54, 1.807) is 4.90 Å². The standard InChI is InChI=1S/C18H23N3O3S/c1-3-5-8-21-11-12(9-16(21)22)17(23)20-18-19-14-7-6-13(24-4-2)10-15(14)25-18/h6-7,10,12H,3-5,8-9,11H2,1-2H3,(H,19,20,23)/t12-/m0/s1. The molecule has 3 rings (SSSR count). The first-order valence-electron chi connectivity index (χ1n) is 8.72. The Labute approximate surface area is 151 Å². The van der Waals surface area contributed by atoms with Gasteiger partial charge in [-0.25, -0.2) is 4.98 Å². The summed E-state index contributed by atoms with van der Waals surface area (Å²) in [7, 11) is 0. The Morgan fingerprint density at radius 1 is 1.44 bits per heavy atom. The molecule has 1 aliphatic heterocycles. The van der Waals surface area contributed by atoms with Crippen molar-refractivity contribution in [1.82, 2.24) is 9.88 Å². The normalized spacial score (nSPS) is 17.3. The lowest BCUT2D eigenvalue weighted by Gasteiger charge is -2.15. The van der Waals surface area contributed by atoms with Crippen molar-refractivity contribution in [2.45, 2.75) is 33.1 Å². The molecule has 1 N–H and O–H groups in total. The van der Waals surface area contributed by atoms with Crippen molar-refractivity contribution in [2.24, 2.45) is 5.92 Å². The number of likely N-dealkylation sites (tertiary alicyclic amines) is 1. The summed E-state index contributed by atoms with van der Waals surface area (Å²) in [5, 5.41) is 3.43. The quantitative estimate of drug-likeness (QED) is 0.821. The Balaban J connectivity index is 1.65. The Bertz CT molecular complexity index is 774. The molecule has 0 spiro atoms. The van der Waals surface area contributed by atoms with Gasteiger partial charge in [0.25, 0.3) is 0 Å². The minimum Gasteiger partial charge on any atom is -0.494 e. The molecule has 1 saturated heterocycles. The van der Waals surface area contributed by atoms with E-state index in [1.165, 1.54) is 11.3 Å². The molecule has 1 aliphatic rings. The van der Waals surface area contributed by atoms with E-state index in [2.05, 4.69) is 17.2 Å². The van der Waals surface area contributed by atoms with Crippen LogP contribution in [-0.2, 0) is 9.59 Å². The van der Waals surface area contributed by atoms with Crippen molar-refractivity contribution >= 4 is 38.5 Å². The van der Waals surface area contributed by atoms with Crippen LogP contribution in [0.2, 0.25) is 0 Å². The molecule has 0 aliphatic carbocycles. The monoisotopic (exact) mass is 361 g/mol. The van der Waals surface area contributed by atoms with Crippen LogP contribution in [0.4, 0.5) is 5.13 Å². The van der Waals surface area contributed by atoms with Crippen LogP contribution in [0.15, 0.2) is 18.2 Å². The number of benzene rings is 1. The second kappa shape index (κ2) is 7.82. The lowest BCUT2D eigenvalue weighted by molar-refractivity contribution is -0.128. The highest BCUT2D eigenvalue weighted by atomic mass is 32.1. The molecule has 0 unspecified atom stereocenters. The SMILES string of the molecule is CCCCN1C[C@@H](C(=O)Nc2nc3ccc(OCC)cc3s2)CC1=O. The van der Waals surface area contributed by atoms with Crippen LogP contribution in [0, 0.1) is 5.92 Å². The molecule has 2 heterocycles. The van der Waals surface area contributed by atoms with Crippen LogP contribution in [-0.4, -0.2) is 41.4 Å². The highest BCUT2D eigenvalue weighted by molar-refractivity contribution is 7.22. The van der Waals surface area contributed by atoms with E-state index in [-0.39, 0.29) is 24.2 Å². The van der Waals surface area contributed by atoms with E-state index in [9.17, 15) is 9.59 Å². The van der Waals surface area contributed by atoms with Crippen molar-refractivity contribution in [3.05, 3.63) is 18.2 Å². The van der Waals surface area contributed by atoms with E-state index in [4.69, 9.17) is 4.74 Å². The molecule has 2 aromatic rings. The van der Waals surface area contributed by atoms with Gasteiger partial charge in [0.1, 0.15) is 5.75 Å². The molecule has 134 valence electrons. The number of nitrogens with one attached hydrogen (secondary N) is 1. The zero-order valence-corrected chi connectivity index (χ0v) is 15.4. The maximum Gasteiger partial charge on any atom is 0.231 e. The van der Waals surface area contributed by atoms with E-state index in [0.717, 1.165) is 35.4 Å². The van der Waals surface area contributed by atoms with Crippen molar-refractivity contribution in [3.8, 4) is 5.75 Å². The summed E-state index contributed by atoms with van der Waals surface area (Å²) < 4.78 is 6.46. The van der Waals surface area contributed by atoms with Crippen LogP contribution in [0.25, 0.3) is 10.2 Å². The van der Waals surface area contributed by atoms with Crippen LogP contribution < -0.4 is 10.1 Å². The third-order valence-corrected chi connectivity index (χ3v) is 5.20. The number of ether oxygens (including phenoxy) is 1. The zero-order valence-electron chi connectivity index (χ0n) is 14.6. The van der Waals surface area contributed by atoms with Gasteiger partial charge in [-0.05, 0) is 31.5 Å². The number of rotatable bonds is 7. The number of aromatic nitrogens is 1. The minimum atomic E-state index is -0.296. The van der Waals surface area contributed by atoms with Gasteiger partial charge in [-0.2, -0.15) is 0 Å². The fourth-order valence-electron chi connectivity index (χ4n) is 2.94. The number of anilines is 1. The number of thiazole rings is 1. The maximum atomic E-state index is 12.5. The summed E-state index contributed by atoms with van der Waals surface area (Å²) in [5.41, 5.74) is 0.829. The third-order valence-electron chi connectivity index (χ3n) is 4.27. The van der Waals surface area contributed by atoms with Crippen LogP contribution in [0.5, 0.6) is 5.75 Å². The largest absolute Gasteiger partial charge is 0.494 e. The molecule has 1 aromatic heterocycles. The average Bonchev–Trinajstić information content (AvgIpc) is 3.15. The van der Waals surface area contributed by atoms with E-state index < -0.39 is 0 Å². The predicted molar refractivity (Wildman–Crippen MR) is 99.0 cm³/mol. The topological polar surface area (TPSA) is 71.5 Å². The first-order valence-corrected chi connectivity index (χ1v) is 9.54. The van der Waals surface area contributed by atoms with E-state index in [1.807, 2.05) is 25.1 Å². The van der Waals surface area contributed by atoms with Gasteiger partial charge in [0.05, 0.1) is 22.7 Å². The molecular formula is C18H23N3O3S. The number of carbonyl (C=O) groups is 2. The van der Waals surface area contributed by atoms with Gasteiger partial charge < -0.3 is 15.0 Å². The highest BCUT2D eigenvalue weighted by Gasteiger charge is 2.34. The van der Waals surface area contributed by atoms with Crippen molar-refractivity contribution < 1.29 is 14.3 Å². The van der Waals surface area contributed by atoms with Gasteiger partial charge in [0.2, 0.25) is 11.8 Å². The highest BCUT2D eigenvalue weighted by Crippen LogP contribution is 2.30. The van der Waals surface area contributed by atoms with Crippen molar-refractivity contribution in [2.75, 3.05) is 25.0 Å². The Morgan fingerprint density at radius 2 is 2.28 bits per heavy atom. The smallest absolute Gasteiger partial charge is 0.231 e. The van der Waals surface area contributed by atoms with Crippen molar-refractivity contribution in [3.63, 3.8) is 0 Å². The summed E-state index contributed by atoms with van der Waals surface area (Å²) in [4.78, 5) is 30.7. The number of hydrogen-bond acceptors (Lipinski definition) is 5. The molecule has 25 heavy (non-hydrogen) atoms. The molecule has 6 nitrogen and oxygen atoms in total. The van der Waals surface area contributed by atoms with Crippen LogP contribution in [0.3, 0.4) is 0 Å². The minimum absolute atomic E-state index is 0.0688. The number of fused-ring (bicyclic) bond motifs is 1. The van der Waals surface area contributed by atoms with E-state index in [0.29, 0.717) is 18.3 Å². The number of amides is 2.